The van der Waals surface area contributed by atoms with Crippen LogP contribution in [-0.4, -0.2) is 16.9 Å². The van der Waals surface area contributed by atoms with Crippen LogP contribution in [-0.2, 0) is 4.79 Å². The standard InChI is InChI=1S/C8H6O3S/c1-5(8(10)11)7(9)6-3-2-4-12-6/h2-4H,1H2,(H,10,11). The van der Waals surface area contributed by atoms with Crippen LogP contribution < -0.4 is 0 Å². The molecule has 3 nitrogen and oxygen atoms in total. The minimum Gasteiger partial charge on any atom is -0.478 e. The number of aliphatic carboxylic acids is 1. The molecule has 4 heteroatoms. The molecule has 0 spiro atoms. The lowest BCUT2D eigenvalue weighted by atomic mass is 10.2. The fraction of sp³-hybridized carbons (Fsp3) is 0. The van der Waals surface area contributed by atoms with Gasteiger partial charge in [0, 0.05) is 0 Å². The van der Waals surface area contributed by atoms with E-state index in [1.165, 1.54) is 11.3 Å². The molecule has 0 aliphatic heterocycles. The summed E-state index contributed by atoms with van der Waals surface area (Å²) in [7, 11) is 0. The Bertz CT molecular complexity index is 324. The zero-order valence-corrected chi connectivity index (χ0v) is 6.93. The summed E-state index contributed by atoms with van der Waals surface area (Å²) in [5.74, 6) is -1.79. The quantitative estimate of drug-likeness (QED) is 0.334. The van der Waals surface area contributed by atoms with E-state index in [1.807, 2.05) is 0 Å². The first-order chi connectivity index (χ1) is 5.63. The van der Waals surface area contributed by atoms with Crippen molar-refractivity contribution in [3.8, 4) is 0 Å². The van der Waals surface area contributed by atoms with Gasteiger partial charge in [-0.05, 0) is 11.4 Å². The van der Waals surface area contributed by atoms with E-state index < -0.39 is 17.3 Å². The molecule has 0 fully saturated rings. The van der Waals surface area contributed by atoms with Crippen LogP contribution in [0.15, 0.2) is 29.7 Å². The summed E-state index contributed by atoms with van der Waals surface area (Å²) in [4.78, 5) is 21.9. The molecule has 0 bridgehead atoms. The number of thiophene rings is 1. The Morgan fingerprint density at radius 2 is 2.17 bits per heavy atom. The van der Waals surface area contributed by atoms with Crippen LogP contribution in [0.3, 0.4) is 0 Å². The molecule has 0 amide bonds. The number of Topliss-reactive ketones (excluding diaryl/α,β-unsaturated/α-hetero) is 1. The summed E-state index contributed by atoms with van der Waals surface area (Å²) in [6, 6.07) is 3.26. The fourth-order valence-corrected chi connectivity index (χ4v) is 1.34. The lowest BCUT2D eigenvalue weighted by Crippen LogP contribution is -2.09. The largest absolute Gasteiger partial charge is 0.478 e. The third kappa shape index (κ3) is 1.60. The Hall–Kier alpha value is -1.42. The minimum absolute atomic E-state index is 0.391. The van der Waals surface area contributed by atoms with Gasteiger partial charge in [-0.3, -0.25) is 4.79 Å². The molecule has 0 aromatic carbocycles. The number of hydrogen-bond acceptors (Lipinski definition) is 3. The van der Waals surface area contributed by atoms with Gasteiger partial charge in [-0.25, -0.2) is 4.79 Å². The average Bonchev–Trinajstić information content (AvgIpc) is 2.53. The highest BCUT2D eigenvalue weighted by molar-refractivity contribution is 7.12. The van der Waals surface area contributed by atoms with E-state index in [0.29, 0.717) is 4.88 Å². The van der Waals surface area contributed by atoms with Crippen molar-refractivity contribution in [3.05, 3.63) is 34.5 Å². The van der Waals surface area contributed by atoms with Crippen molar-refractivity contribution >= 4 is 23.1 Å². The SMILES string of the molecule is C=C(C(=O)O)C(=O)c1cccs1. The smallest absolute Gasteiger partial charge is 0.339 e. The molecule has 1 aromatic rings. The number of carboxylic acids is 1. The molecule has 0 aliphatic rings. The molecule has 0 radical (unpaired) electrons. The summed E-state index contributed by atoms with van der Waals surface area (Å²) in [6.45, 7) is 3.17. The second kappa shape index (κ2) is 3.32. The lowest BCUT2D eigenvalue weighted by Gasteiger charge is -1.94. The van der Waals surface area contributed by atoms with Crippen LogP contribution in [0.5, 0.6) is 0 Å². The number of carbonyl (C=O) groups is 2. The molecule has 0 saturated carbocycles. The van der Waals surface area contributed by atoms with Crippen LogP contribution >= 0.6 is 11.3 Å². The second-order valence-corrected chi connectivity index (χ2v) is 3.04. The molecule has 0 atom stereocenters. The van der Waals surface area contributed by atoms with Gasteiger partial charge in [0.05, 0.1) is 4.88 Å². The van der Waals surface area contributed by atoms with E-state index in [0.717, 1.165) is 0 Å². The summed E-state index contributed by atoms with van der Waals surface area (Å²) < 4.78 is 0. The molecule has 1 rings (SSSR count). The number of ketones is 1. The van der Waals surface area contributed by atoms with Crippen molar-refractivity contribution in [2.75, 3.05) is 0 Å². The van der Waals surface area contributed by atoms with E-state index >= 15 is 0 Å². The predicted octanol–water partition coefficient (Wildman–Crippen LogP) is 1.57. The molecule has 1 N–H and O–H groups in total. The lowest BCUT2D eigenvalue weighted by molar-refractivity contribution is -0.132. The number of hydrogen-bond donors (Lipinski definition) is 1. The normalized spacial score (nSPS) is 9.33. The molecule has 0 aliphatic carbocycles. The van der Waals surface area contributed by atoms with Crippen molar-refractivity contribution in [1.29, 1.82) is 0 Å². The minimum atomic E-state index is -1.27. The van der Waals surface area contributed by atoms with Crippen LogP contribution in [0.2, 0.25) is 0 Å². The Labute approximate surface area is 73.0 Å². The Kier molecular flexibility index (Phi) is 2.40. The third-order valence-corrected chi connectivity index (χ3v) is 2.15. The molecule has 0 saturated heterocycles. The Morgan fingerprint density at radius 3 is 2.58 bits per heavy atom. The van der Waals surface area contributed by atoms with Crippen LogP contribution in [0, 0.1) is 0 Å². The van der Waals surface area contributed by atoms with Gasteiger partial charge >= 0.3 is 5.97 Å². The number of rotatable bonds is 3. The monoisotopic (exact) mass is 182 g/mol. The zero-order valence-electron chi connectivity index (χ0n) is 6.11. The first-order valence-electron chi connectivity index (χ1n) is 3.13. The van der Waals surface area contributed by atoms with Gasteiger partial charge in [0.25, 0.3) is 0 Å². The molecule has 12 heavy (non-hydrogen) atoms. The van der Waals surface area contributed by atoms with Crippen LogP contribution in [0.4, 0.5) is 0 Å². The van der Waals surface area contributed by atoms with Crippen LogP contribution in [0.25, 0.3) is 0 Å². The van der Waals surface area contributed by atoms with Crippen molar-refractivity contribution in [3.63, 3.8) is 0 Å². The summed E-state index contributed by atoms with van der Waals surface area (Å²) in [5.41, 5.74) is -0.391. The van der Waals surface area contributed by atoms with E-state index in [9.17, 15) is 9.59 Å². The van der Waals surface area contributed by atoms with Crippen molar-refractivity contribution in [2.45, 2.75) is 0 Å². The van der Waals surface area contributed by atoms with Crippen molar-refractivity contribution < 1.29 is 14.7 Å². The van der Waals surface area contributed by atoms with Gasteiger partial charge in [-0.1, -0.05) is 12.6 Å². The highest BCUT2D eigenvalue weighted by atomic mass is 32.1. The summed E-state index contributed by atoms with van der Waals surface area (Å²) in [5, 5.41) is 10.1. The van der Waals surface area contributed by atoms with Gasteiger partial charge < -0.3 is 5.11 Å². The van der Waals surface area contributed by atoms with E-state index in [4.69, 9.17) is 5.11 Å². The summed E-state index contributed by atoms with van der Waals surface area (Å²) >= 11 is 1.20. The fourth-order valence-electron chi connectivity index (χ4n) is 0.654. The number of carbonyl (C=O) groups excluding carboxylic acids is 1. The van der Waals surface area contributed by atoms with Gasteiger partial charge in [0.15, 0.2) is 0 Å². The Balaban J connectivity index is 2.87. The van der Waals surface area contributed by atoms with Gasteiger partial charge in [0.1, 0.15) is 5.57 Å². The zero-order chi connectivity index (χ0) is 9.14. The number of carboxylic acid groups (broad SMARTS) is 1. The van der Waals surface area contributed by atoms with Gasteiger partial charge in [-0.2, -0.15) is 0 Å². The van der Waals surface area contributed by atoms with Crippen molar-refractivity contribution in [1.82, 2.24) is 0 Å². The maximum Gasteiger partial charge on any atom is 0.339 e. The maximum absolute atomic E-state index is 11.2. The average molecular weight is 182 g/mol. The van der Waals surface area contributed by atoms with E-state index in [1.54, 1.807) is 17.5 Å². The first-order valence-corrected chi connectivity index (χ1v) is 4.01. The van der Waals surface area contributed by atoms with Crippen molar-refractivity contribution in [2.24, 2.45) is 0 Å². The highest BCUT2D eigenvalue weighted by Gasteiger charge is 2.16. The maximum atomic E-state index is 11.2. The van der Waals surface area contributed by atoms with E-state index in [2.05, 4.69) is 6.58 Å². The topological polar surface area (TPSA) is 54.4 Å². The Morgan fingerprint density at radius 1 is 1.50 bits per heavy atom. The van der Waals surface area contributed by atoms with Gasteiger partial charge in [0.2, 0.25) is 5.78 Å². The molecule has 1 heterocycles. The predicted molar refractivity (Wildman–Crippen MR) is 45.4 cm³/mol. The third-order valence-electron chi connectivity index (χ3n) is 1.28. The molecular weight excluding hydrogens is 176 g/mol. The van der Waals surface area contributed by atoms with Crippen LogP contribution in [0.1, 0.15) is 9.67 Å². The highest BCUT2D eigenvalue weighted by Crippen LogP contribution is 2.13. The molecule has 1 aromatic heterocycles. The molecular formula is C8H6O3S. The molecule has 0 unspecified atom stereocenters. The first kappa shape index (κ1) is 8.67. The van der Waals surface area contributed by atoms with E-state index in [-0.39, 0.29) is 0 Å². The second-order valence-electron chi connectivity index (χ2n) is 2.09. The molecule has 62 valence electrons. The van der Waals surface area contributed by atoms with Gasteiger partial charge in [-0.15, -0.1) is 11.3 Å². The summed E-state index contributed by atoms with van der Waals surface area (Å²) in [6.07, 6.45) is 0.